The molecule has 0 atom stereocenters. The highest BCUT2D eigenvalue weighted by molar-refractivity contribution is 7.92. The highest BCUT2D eigenvalue weighted by Gasteiger charge is 2.27. The van der Waals surface area contributed by atoms with Crippen molar-refractivity contribution in [1.82, 2.24) is 4.72 Å². The van der Waals surface area contributed by atoms with Gasteiger partial charge in [0, 0.05) is 5.02 Å². The zero-order chi connectivity index (χ0) is 18.1. The summed E-state index contributed by atoms with van der Waals surface area (Å²) in [5.74, 6) is -2.32. The Morgan fingerprint density at radius 2 is 1.62 bits per heavy atom. The molecule has 0 fully saturated rings. The number of halogens is 2. The van der Waals surface area contributed by atoms with E-state index in [0.717, 1.165) is 24.3 Å². The predicted molar refractivity (Wildman–Crippen MR) is 83.9 cm³/mol. The first-order chi connectivity index (χ1) is 11.0. The SMILES string of the molecule is NS(=O)(=O)c1ccccc1S(=O)(=O)NC(=O)c1ccc(Cl)cc1F. The fraction of sp³-hybridized carbons (Fsp3) is 0. The van der Waals surface area contributed by atoms with Gasteiger partial charge in [0.1, 0.15) is 15.6 Å². The number of hydrogen-bond donors (Lipinski definition) is 2. The molecule has 0 aliphatic heterocycles. The van der Waals surface area contributed by atoms with Gasteiger partial charge in [-0.25, -0.2) is 31.1 Å². The van der Waals surface area contributed by atoms with Crippen LogP contribution in [0.2, 0.25) is 5.02 Å². The summed E-state index contributed by atoms with van der Waals surface area (Å²) in [5.41, 5.74) is -0.573. The number of nitrogens with two attached hydrogens (primary N) is 1. The summed E-state index contributed by atoms with van der Waals surface area (Å²) in [7, 11) is -8.96. The van der Waals surface area contributed by atoms with Crippen LogP contribution in [0.3, 0.4) is 0 Å². The van der Waals surface area contributed by atoms with Crippen molar-refractivity contribution in [1.29, 1.82) is 0 Å². The van der Waals surface area contributed by atoms with Gasteiger partial charge in [-0.05, 0) is 30.3 Å². The van der Waals surface area contributed by atoms with Gasteiger partial charge in [0.15, 0.2) is 0 Å². The minimum atomic E-state index is -4.61. The Kier molecular flexibility index (Phi) is 4.95. The number of primary sulfonamides is 1. The molecular weight excluding hydrogens is 383 g/mol. The Bertz CT molecular complexity index is 1020. The van der Waals surface area contributed by atoms with Crippen molar-refractivity contribution < 1.29 is 26.0 Å². The average molecular weight is 393 g/mol. The van der Waals surface area contributed by atoms with Crippen molar-refractivity contribution >= 4 is 37.6 Å². The maximum atomic E-state index is 13.7. The predicted octanol–water partition coefficient (Wildman–Crippen LogP) is 1.25. The molecule has 0 unspecified atom stereocenters. The summed E-state index contributed by atoms with van der Waals surface area (Å²) in [6.45, 7) is 0. The van der Waals surface area contributed by atoms with Crippen molar-refractivity contribution in [2.24, 2.45) is 5.14 Å². The molecule has 0 spiro atoms. The van der Waals surface area contributed by atoms with Crippen LogP contribution >= 0.6 is 11.6 Å². The van der Waals surface area contributed by atoms with Crippen LogP contribution in [0, 0.1) is 5.82 Å². The summed E-state index contributed by atoms with van der Waals surface area (Å²) in [6, 6.07) is 7.46. The Morgan fingerprint density at radius 1 is 1.04 bits per heavy atom. The molecule has 7 nitrogen and oxygen atoms in total. The van der Waals surface area contributed by atoms with Crippen LogP contribution in [-0.2, 0) is 20.0 Å². The zero-order valence-electron chi connectivity index (χ0n) is 11.7. The maximum absolute atomic E-state index is 13.7. The minimum Gasteiger partial charge on any atom is -0.268 e. The molecule has 3 N–H and O–H groups in total. The molecule has 1 amide bonds. The molecule has 0 aliphatic carbocycles. The normalized spacial score (nSPS) is 12.0. The number of amides is 1. The van der Waals surface area contributed by atoms with E-state index in [-0.39, 0.29) is 5.02 Å². The van der Waals surface area contributed by atoms with E-state index in [1.54, 1.807) is 4.72 Å². The Labute approximate surface area is 142 Å². The first-order valence-corrected chi connectivity index (χ1v) is 9.57. The summed E-state index contributed by atoms with van der Waals surface area (Å²) < 4.78 is 62.8. The van der Waals surface area contributed by atoms with Crippen molar-refractivity contribution in [3.8, 4) is 0 Å². The van der Waals surface area contributed by atoms with E-state index in [1.165, 1.54) is 18.2 Å². The Morgan fingerprint density at radius 3 is 2.17 bits per heavy atom. The van der Waals surface area contributed by atoms with Crippen molar-refractivity contribution in [2.75, 3.05) is 0 Å². The van der Waals surface area contributed by atoms with Gasteiger partial charge in [0.05, 0.1) is 5.56 Å². The van der Waals surface area contributed by atoms with Crippen LogP contribution in [0.25, 0.3) is 0 Å². The summed E-state index contributed by atoms with van der Waals surface area (Å²) in [5, 5.41) is 4.98. The van der Waals surface area contributed by atoms with E-state index in [1.807, 2.05) is 0 Å². The van der Waals surface area contributed by atoms with E-state index in [9.17, 15) is 26.0 Å². The molecule has 0 bridgehead atoms. The van der Waals surface area contributed by atoms with E-state index in [4.69, 9.17) is 16.7 Å². The van der Waals surface area contributed by atoms with Crippen LogP contribution in [0.5, 0.6) is 0 Å². The fourth-order valence-corrected chi connectivity index (χ4v) is 4.32. The van der Waals surface area contributed by atoms with Gasteiger partial charge in [-0.2, -0.15) is 0 Å². The molecule has 0 saturated heterocycles. The van der Waals surface area contributed by atoms with Crippen LogP contribution in [0.15, 0.2) is 52.3 Å². The third-order valence-corrected chi connectivity index (χ3v) is 5.57. The average Bonchev–Trinajstić information content (AvgIpc) is 2.45. The van der Waals surface area contributed by atoms with Crippen molar-refractivity contribution in [3.05, 3.63) is 58.9 Å². The number of carbonyl (C=O) groups is 1. The molecule has 2 aromatic rings. The molecular formula is C13H10ClFN2O5S2. The molecule has 0 aliphatic rings. The lowest BCUT2D eigenvalue weighted by molar-refractivity contribution is 0.0977. The minimum absolute atomic E-state index is 0.0199. The third kappa shape index (κ3) is 3.90. The zero-order valence-corrected chi connectivity index (χ0v) is 14.1. The number of hydrogen-bond acceptors (Lipinski definition) is 5. The molecule has 0 saturated carbocycles. The van der Waals surface area contributed by atoms with Gasteiger partial charge in [0.25, 0.3) is 15.9 Å². The largest absolute Gasteiger partial charge is 0.268 e. The van der Waals surface area contributed by atoms with Crippen molar-refractivity contribution in [3.63, 3.8) is 0 Å². The number of sulfonamides is 2. The maximum Gasteiger partial charge on any atom is 0.267 e. The van der Waals surface area contributed by atoms with Gasteiger partial charge in [-0.3, -0.25) is 4.79 Å². The molecule has 24 heavy (non-hydrogen) atoms. The number of rotatable bonds is 4. The van der Waals surface area contributed by atoms with E-state index >= 15 is 0 Å². The van der Waals surface area contributed by atoms with E-state index < -0.39 is 47.1 Å². The second kappa shape index (κ2) is 6.48. The standard InChI is InChI=1S/C13H10ClFN2O5S2/c14-8-5-6-9(10(15)7-8)13(18)17-24(21,22)12-4-2-1-3-11(12)23(16,19)20/h1-7H,(H,17,18)(H2,16,19,20). The third-order valence-electron chi connectivity index (χ3n) is 2.85. The summed E-state index contributed by atoms with van der Waals surface area (Å²) >= 11 is 5.55. The van der Waals surface area contributed by atoms with Crippen LogP contribution < -0.4 is 9.86 Å². The molecule has 0 aromatic heterocycles. The Hall–Kier alpha value is -2.01. The van der Waals surface area contributed by atoms with Gasteiger partial charge < -0.3 is 0 Å². The van der Waals surface area contributed by atoms with E-state index in [2.05, 4.69) is 0 Å². The Balaban J connectivity index is 2.45. The number of nitrogens with one attached hydrogen (secondary N) is 1. The highest BCUT2D eigenvalue weighted by Crippen LogP contribution is 2.20. The van der Waals surface area contributed by atoms with Crippen LogP contribution in [-0.4, -0.2) is 22.7 Å². The summed E-state index contributed by atoms with van der Waals surface area (Å²) in [6.07, 6.45) is 0. The second-order valence-electron chi connectivity index (χ2n) is 4.55. The molecule has 0 heterocycles. The highest BCUT2D eigenvalue weighted by atomic mass is 35.5. The molecule has 2 aromatic carbocycles. The first kappa shape index (κ1) is 18.3. The number of benzene rings is 2. The first-order valence-electron chi connectivity index (χ1n) is 6.16. The monoisotopic (exact) mass is 392 g/mol. The topological polar surface area (TPSA) is 123 Å². The lowest BCUT2D eigenvalue weighted by Crippen LogP contribution is -2.32. The second-order valence-corrected chi connectivity index (χ2v) is 8.17. The fourth-order valence-electron chi connectivity index (χ4n) is 1.81. The molecule has 128 valence electrons. The molecule has 2 rings (SSSR count). The van der Waals surface area contributed by atoms with Crippen molar-refractivity contribution in [2.45, 2.75) is 9.79 Å². The lowest BCUT2D eigenvalue weighted by atomic mass is 10.2. The van der Waals surface area contributed by atoms with Gasteiger partial charge in [-0.1, -0.05) is 23.7 Å². The van der Waals surface area contributed by atoms with E-state index in [0.29, 0.717) is 0 Å². The van der Waals surface area contributed by atoms with Gasteiger partial charge in [-0.15, -0.1) is 0 Å². The smallest absolute Gasteiger partial charge is 0.267 e. The quantitative estimate of drug-likeness (QED) is 0.810. The van der Waals surface area contributed by atoms with Gasteiger partial charge >= 0.3 is 0 Å². The van der Waals surface area contributed by atoms with Crippen LogP contribution in [0.4, 0.5) is 4.39 Å². The van der Waals surface area contributed by atoms with Gasteiger partial charge in [0.2, 0.25) is 10.0 Å². The molecule has 11 heteroatoms. The molecule has 0 radical (unpaired) electrons. The summed E-state index contributed by atoms with van der Waals surface area (Å²) in [4.78, 5) is 10.6. The lowest BCUT2D eigenvalue weighted by Gasteiger charge is -2.10. The number of carbonyl (C=O) groups excluding carboxylic acids is 1. The van der Waals surface area contributed by atoms with Crippen LogP contribution in [0.1, 0.15) is 10.4 Å².